The van der Waals surface area contributed by atoms with E-state index >= 15 is 0 Å². The zero-order valence-corrected chi connectivity index (χ0v) is 15.2. The molecule has 140 valence electrons. The summed E-state index contributed by atoms with van der Waals surface area (Å²) < 4.78 is 26.9. The van der Waals surface area contributed by atoms with E-state index in [9.17, 15) is 13.6 Å². The Bertz CT molecular complexity index is 594. The Balaban J connectivity index is 2.10. The van der Waals surface area contributed by atoms with E-state index in [1.165, 1.54) is 12.1 Å². The highest BCUT2D eigenvalue weighted by atomic mass is 19.3. The van der Waals surface area contributed by atoms with Crippen LogP contribution in [0.15, 0.2) is 18.2 Å². The van der Waals surface area contributed by atoms with Gasteiger partial charge in [0.1, 0.15) is 5.60 Å². The van der Waals surface area contributed by atoms with Crippen LogP contribution in [0.3, 0.4) is 0 Å². The molecule has 25 heavy (non-hydrogen) atoms. The molecule has 2 rings (SSSR count). The number of likely N-dealkylation sites (N-methyl/N-ethyl adjacent to an activating group) is 1. The van der Waals surface area contributed by atoms with Crippen molar-refractivity contribution in [3.05, 3.63) is 34.9 Å². The van der Waals surface area contributed by atoms with E-state index in [0.29, 0.717) is 12.1 Å². The predicted octanol–water partition coefficient (Wildman–Crippen LogP) is 3.26. The van der Waals surface area contributed by atoms with Crippen LogP contribution in [-0.4, -0.2) is 54.6 Å². The summed E-state index contributed by atoms with van der Waals surface area (Å²) >= 11 is 0. The number of halogens is 2. The summed E-state index contributed by atoms with van der Waals surface area (Å²) in [7, 11) is 2.04. The molecule has 1 aromatic carbocycles. The van der Waals surface area contributed by atoms with Gasteiger partial charge in [-0.1, -0.05) is 6.07 Å². The van der Waals surface area contributed by atoms with Crippen molar-refractivity contribution < 1.29 is 23.4 Å². The molecule has 0 N–H and O–H groups in total. The Labute approximate surface area is 147 Å². The van der Waals surface area contributed by atoms with Gasteiger partial charge in [-0.05, 0) is 45.5 Å². The minimum atomic E-state index is -2.65. The number of rotatable bonds is 5. The molecule has 1 heterocycles. The molecule has 0 atom stereocenters. The van der Waals surface area contributed by atoms with Gasteiger partial charge in [-0.15, -0.1) is 0 Å². The molecule has 0 amide bonds. The van der Waals surface area contributed by atoms with Gasteiger partial charge in [-0.3, -0.25) is 9.79 Å². The van der Waals surface area contributed by atoms with Gasteiger partial charge in [0.25, 0.3) is 6.43 Å². The maximum atomic E-state index is 13.5. The van der Waals surface area contributed by atoms with Crippen molar-refractivity contribution in [3.8, 4) is 0 Å². The summed E-state index contributed by atoms with van der Waals surface area (Å²) in [6.07, 6.45) is -2.65. The van der Waals surface area contributed by atoms with Crippen LogP contribution in [0.1, 0.15) is 48.7 Å². The summed E-state index contributed by atoms with van der Waals surface area (Å²) in [4.78, 5) is 26.0. The number of piperazine rings is 1. The first-order valence-corrected chi connectivity index (χ1v) is 8.37. The number of benzene rings is 1. The second-order valence-corrected chi connectivity index (χ2v) is 7.36. The highest BCUT2D eigenvalue weighted by Gasteiger charge is 2.22. The molecule has 0 aliphatic carbocycles. The van der Waals surface area contributed by atoms with Crippen LogP contribution in [0.5, 0.6) is 0 Å². The van der Waals surface area contributed by atoms with Crippen molar-refractivity contribution in [1.82, 2.24) is 9.80 Å². The van der Waals surface area contributed by atoms with Crippen LogP contribution in [0.2, 0.25) is 0 Å². The predicted molar refractivity (Wildman–Crippen MR) is 90.4 cm³/mol. The van der Waals surface area contributed by atoms with Crippen LogP contribution < -0.4 is 0 Å². The van der Waals surface area contributed by atoms with Gasteiger partial charge in [0.15, 0.2) is 0 Å². The van der Waals surface area contributed by atoms with E-state index in [4.69, 9.17) is 9.78 Å². The Morgan fingerprint density at radius 2 is 1.84 bits per heavy atom. The maximum Gasteiger partial charge on any atom is 0.373 e. The van der Waals surface area contributed by atoms with Crippen LogP contribution >= 0.6 is 0 Å². The van der Waals surface area contributed by atoms with E-state index in [1.54, 1.807) is 26.8 Å². The second kappa shape index (κ2) is 8.21. The topological polar surface area (TPSA) is 42.0 Å². The molecule has 7 heteroatoms. The number of nitrogens with zero attached hydrogens (tertiary/aromatic N) is 2. The quantitative estimate of drug-likeness (QED) is 0.598. The first-order chi connectivity index (χ1) is 11.7. The Morgan fingerprint density at radius 1 is 1.20 bits per heavy atom. The average Bonchev–Trinajstić information content (AvgIpc) is 2.54. The van der Waals surface area contributed by atoms with Crippen molar-refractivity contribution in [2.24, 2.45) is 0 Å². The fraction of sp³-hybridized carbons (Fsp3) is 0.611. The third-order valence-electron chi connectivity index (χ3n) is 3.97. The van der Waals surface area contributed by atoms with Crippen molar-refractivity contribution in [2.75, 3.05) is 33.2 Å². The summed E-state index contributed by atoms with van der Waals surface area (Å²) in [6, 6.07) is 4.28. The van der Waals surface area contributed by atoms with E-state index in [1.807, 2.05) is 7.05 Å². The van der Waals surface area contributed by atoms with E-state index < -0.39 is 18.0 Å². The largest absolute Gasteiger partial charge is 0.373 e. The number of hydrogen-bond acceptors (Lipinski definition) is 5. The van der Waals surface area contributed by atoms with E-state index in [-0.39, 0.29) is 11.1 Å². The molecule has 1 aliphatic rings. The molecule has 1 aliphatic heterocycles. The molecular formula is C18H26F2N2O3. The van der Waals surface area contributed by atoms with E-state index in [2.05, 4.69) is 9.80 Å². The Morgan fingerprint density at radius 3 is 2.40 bits per heavy atom. The minimum absolute atomic E-state index is 0.0571. The SMILES string of the molecule is CN1CCN(Cc2ccc(C(=O)OOC(C)(C)C)cc2C(F)F)CC1. The third-order valence-corrected chi connectivity index (χ3v) is 3.97. The zero-order chi connectivity index (χ0) is 18.6. The molecular weight excluding hydrogens is 330 g/mol. The van der Waals surface area contributed by atoms with Crippen LogP contribution in [0.25, 0.3) is 0 Å². The summed E-state index contributed by atoms with van der Waals surface area (Å²) in [6.45, 7) is 9.13. The van der Waals surface area contributed by atoms with Crippen LogP contribution in [-0.2, 0) is 16.3 Å². The normalized spacial score (nSPS) is 17.1. The lowest BCUT2D eigenvalue weighted by atomic mass is 10.0. The number of hydrogen-bond donors (Lipinski definition) is 0. The molecule has 1 fully saturated rings. The minimum Gasteiger partial charge on any atom is -0.304 e. The van der Waals surface area contributed by atoms with Crippen molar-refractivity contribution in [3.63, 3.8) is 0 Å². The molecule has 0 aromatic heterocycles. The van der Waals surface area contributed by atoms with Gasteiger partial charge < -0.3 is 4.90 Å². The monoisotopic (exact) mass is 356 g/mol. The first kappa shape index (κ1) is 19.8. The number of carbonyl (C=O) groups is 1. The van der Waals surface area contributed by atoms with Gasteiger partial charge in [0.05, 0.1) is 5.56 Å². The molecule has 0 unspecified atom stereocenters. The first-order valence-electron chi connectivity index (χ1n) is 8.37. The van der Waals surface area contributed by atoms with Gasteiger partial charge in [0, 0.05) is 38.3 Å². The van der Waals surface area contributed by atoms with Gasteiger partial charge in [-0.25, -0.2) is 13.6 Å². The average molecular weight is 356 g/mol. The zero-order valence-electron chi connectivity index (χ0n) is 15.2. The lowest BCUT2D eigenvalue weighted by Crippen LogP contribution is -2.44. The second-order valence-electron chi connectivity index (χ2n) is 7.36. The lowest BCUT2D eigenvalue weighted by Gasteiger charge is -2.32. The fourth-order valence-electron chi connectivity index (χ4n) is 2.53. The van der Waals surface area contributed by atoms with Crippen molar-refractivity contribution >= 4 is 5.97 Å². The molecule has 1 aromatic rings. The van der Waals surface area contributed by atoms with Crippen LogP contribution in [0, 0.1) is 0 Å². The standard InChI is InChI=1S/C18H26F2N2O3/c1-18(2,3)25-24-17(23)13-5-6-14(15(11-13)16(19)20)12-22-9-7-21(4)8-10-22/h5-6,11,16H,7-10,12H2,1-4H3. The third kappa shape index (κ3) is 6.02. The van der Waals surface area contributed by atoms with Crippen molar-refractivity contribution in [2.45, 2.75) is 39.3 Å². The highest BCUT2D eigenvalue weighted by Crippen LogP contribution is 2.26. The van der Waals surface area contributed by atoms with Gasteiger partial charge in [-0.2, -0.15) is 4.89 Å². The Hall–Kier alpha value is -1.57. The maximum absolute atomic E-state index is 13.5. The molecule has 0 radical (unpaired) electrons. The van der Waals surface area contributed by atoms with Gasteiger partial charge in [0.2, 0.25) is 0 Å². The highest BCUT2D eigenvalue weighted by molar-refractivity contribution is 5.89. The number of carbonyl (C=O) groups excluding carboxylic acids is 1. The lowest BCUT2D eigenvalue weighted by molar-refractivity contribution is -0.301. The molecule has 0 bridgehead atoms. The smallest absolute Gasteiger partial charge is 0.304 e. The fourth-order valence-corrected chi connectivity index (χ4v) is 2.53. The molecule has 0 spiro atoms. The molecule has 5 nitrogen and oxygen atoms in total. The molecule has 1 saturated heterocycles. The summed E-state index contributed by atoms with van der Waals surface area (Å²) in [5.41, 5.74) is -0.207. The summed E-state index contributed by atoms with van der Waals surface area (Å²) in [5, 5.41) is 0. The number of alkyl halides is 2. The van der Waals surface area contributed by atoms with Gasteiger partial charge >= 0.3 is 5.97 Å². The summed E-state index contributed by atoms with van der Waals surface area (Å²) in [5.74, 6) is -0.775. The Kier molecular flexibility index (Phi) is 6.48. The van der Waals surface area contributed by atoms with Crippen molar-refractivity contribution in [1.29, 1.82) is 0 Å². The van der Waals surface area contributed by atoms with E-state index in [0.717, 1.165) is 26.2 Å². The molecule has 0 saturated carbocycles. The van der Waals surface area contributed by atoms with Crippen LogP contribution in [0.4, 0.5) is 8.78 Å².